The predicted molar refractivity (Wildman–Crippen MR) is 47.1 cm³/mol. The molecule has 0 aromatic carbocycles. The summed E-state index contributed by atoms with van der Waals surface area (Å²) in [5.74, 6) is 0.0379. The smallest absolute Gasteiger partial charge is 0.270 e. The highest BCUT2D eigenvalue weighted by atomic mass is 16.1. The monoisotopic (exact) mass is 183 g/mol. The number of carbonyl (C=O) groups excluding carboxylic acids is 1. The Morgan fingerprint density at radius 2 is 2.08 bits per heavy atom. The van der Waals surface area contributed by atoms with Crippen LogP contribution in [0.15, 0.2) is 0 Å². The highest BCUT2D eigenvalue weighted by Gasteiger charge is 2.16. The van der Waals surface area contributed by atoms with Crippen molar-refractivity contribution in [2.45, 2.75) is 33.2 Å². The number of aromatic nitrogens is 4. The van der Waals surface area contributed by atoms with Gasteiger partial charge in [0, 0.05) is 6.92 Å². The van der Waals surface area contributed by atoms with E-state index in [0.29, 0.717) is 0 Å². The van der Waals surface area contributed by atoms with Gasteiger partial charge in [-0.3, -0.25) is 10.1 Å². The number of anilines is 1. The molecule has 0 bridgehead atoms. The second kappa shape index (κ2) is 3.12. The van der Waals surface area contributed by atoms with Gasteiger partial charge >= 0.3 is 0 Å². The van der Waals surface area contributed by atoms with Crippen LogP contribution >= 0.6 is 0 Å². The molecule has 0 aliphatic rings. The lowest BCUT2D eigenvalue weighted by Gasteiger charge is -2.15. The average Bonchev–Trinajstić information content (AvgIpc) is 2.32. The third-order valence-electron chi connectivity index (χ3n) is 1.30. The molecule has 0 spiro atoms. The second-order valence-electron chi connectivity index (χ2n) is 3.75. The van der Waals surface area contributed by atoms with Gasteiger partial charge in [-0.05, 0) is 26.0 Å². The van der Waals surface area contributed by atoms with Crippen LogP contribution in [0.5, 0.6) is 0 Å². The fraction of sp³-hybridized carbons (Fsp3) is 0.714. The van der Waals surface area contributed by atoms with E-state index in [0.717, 1.165) is 0 Å². The number of nitrogens with zero attached hydrogens (tertiary/aromatic N) is 4. The van der Waals surface area contributed by atoms with Crippen LogP contribution in [-0.2, 0) is 10.3 Å². The van der Waals surface area contributed by atoms with Crippen molar-refractivity contribution < 1.29 is 4.79 Å². The van der Waals surface area contributed by atoms with E-state index in [4.69, 9.17) is 0 Å². The molecule has 1 heterocycles. The van der Waals surface area contributed by atoms with Gasteiger partial charge in [-0.25, -0.2) is 0 Å². The summed E-state index contributed by atoms with van der Waals surface area (Å²) in [6, 6.07) is 0. The molecule has 1 amide bonds. The maximum Gasteiger partial charge on any atom is 0.270 e. The number of nitrogens with one attached hydrogen (secondary N) is 1. The SMILES string of the molecule is CC(=O)Nc1nnn(C(C)(C)C)n1. The number of hydrogen-bond acceptors (Lipinski definition) is 4. The van der Waals surface area contributed by atoms with Crippen molar-refractivity contribution >= 4 is 11.9 Å². The Bertz CT molecular complexity index is 311. The maximum absolute atomic E-state index is 10.6. The summed E-state index contributed by atoms with van der Waals surface area (Å²) in [5.41, 5.74) is -0.219. The molecule has 0 fully saturated rings. The van der Waals surface area contributed by atoms with Gasteiger partial charge in [0.2, 0.25) is 5.91 Å². The van der Waals surface area contributed by atoms with Gasteiger partial charge in [0.25, 0.3) is 5.95 Å². The first-order valence-electron chi connectivity index (χ1n) is 3.97. The zero-order valence-corrected chi connectivity index (χ0v) is 8.20. The van der Waals surface area contributed by atoms with E-state index < -0.39 is 0 Å². The molecule has 6 heteroatoms. The normalized spacial score (nSPS) is 11.4. The molecule has 0 aliphatic heterocycles. The molecule has 0 saturated carbocycles. The van der Waals surface area contributed by atoms with E-state index in [-0.39, 0.29) is 17.4 Å². The largest absolute Gasteiger partial charge is 0.292 e. The van der Waals surface area contributed by atoms with Crippen LogP contribution in [0, 0.1) is 0 Å². The number of rotatable bonds is 1. The molecule has 0 aliphatic carbocycles. The zero-order chi connectivity index (χ0) is 10.1. The quantitative estimate of drug-likeness (QED) is 0.683. The van der Waals surface area contributed by atoms with Crippen LogP contribution < -0.4 is 5.32 Å². The van der Waals surface area contributed by atoms with E-state index >= 15 is 0 Å². The summed E-state index contributed by atoms with van der Waals surface area (Å²) >= 11 is 0. The highest BCUT2D eigenvalue weighted by Crippen LogP contribution is 2.10. The second-order valence-corrected chi connectivity index (χ2v) is 3.75. The summed E-state index contributed by atoms with van der Waals surface area (Å²) in [4.78, 5) is 12.1. The first kappa shape index (κ1) is 9.63. The van der Waals surface area contributed by atoms with Crippen molar-refractivity contribution in [3.05, 3.63) is 0 Å². The molecular formula is C7H13N5O. The maximum atomic E-state index is 10.6. The first-order chi connectivity index (χ1) is 5.89. The average molecular weight is 183 g/mol. The summed E-state index contributed by atoms with van der Waals surface area (Å²) in [6.45, 7) is 7.25. The minimum atomic E-state index is -0.219. The molecule has 0 saturated heterocycles. The molecule has 0 unspecified atom stereocenters. The molecule has 0 atom stereocenters. The van der Waals surface area contributed by atoms with Gasteiger partial charge in [-0.2, -0.15) is 4.80 Å². The summed E-state index contributed by atoms with van der Waals surface area (Å²) in [7, 11) is 0. The Balaban J connectivity index is 2.81. The van der Waals surface area contributed by atoms with E-state index in [1.165, 1.54) is 11.7 Å². The summed E-state index contributed by atoms with van der Waals surface area (Å²) < 4.78 is 0. The van der Waals surface area contributed by atoms with Crippen LogP contribution in [0.4, 0.5) is 5.95 Å². The standard InChI is InChI=1S/C7H13N5O/c1-5(13)8-6-9-11-12(10-6)7(2,3)4/h1-4H3,(H,8,10,13). The van der Waals surface area contributed by atoms with Gasteiger partial charge in [-0.15, -0.1) is 5.10 Å². The minimum absolute atomic E-state index is 0.201. The van der Waals surface area contributed by atoms with Gasteiger partial charge in [0.15, 0.2) is 0 Å². The molecular weight excluding hydrogens is 170 g/mol. The lowest BCUT2D eigenvalue weighted by atomic mass is 10.1. The fourth-order valence-corrected chi connectivity index (χ4v) is 0.706. The first-order valence-corrected chi connectivity index (χ1v) is 3.97. The Labute approximate surface area is 76.3 Å². The molecule has 0 radical (unpaired) electrons. The van der Waals surface area contributed by atoms with E-state index in [2.05, 4.69) is 20.7 Å². The van der Waals surface area contributed by atoms with E-state index in [9.17, 15) is 4.79 Å². The molecule has 6 nitrogen and oxygen atoms in total. The van der Waals surface area contributed by atoms with E-state index in [1.807, 2.05) is 20.8 Å². The molecule has 1 aromatic rings. The summed E-state index contributed by atoms with van der Waals surface area (Å²) in [5, 5.41) is 13.9. The summed E-state index contributed by atoms with van der Waals surface area (Å²) in [6.07, 6.45) is 0. The van der Waals surface area contributed by atoms with Crippen molar-refractivity contribution in [3.8, 4) is 0 Å². The molecule has 1 rings (SSSR count). The van der Waals surface area contributed by atoms with Crippen LogP contribution in [0.1, 0.15) is 27.7 Å². The van der Waals surface area contributed by atoms with Gasteiger partial charge in [0.05, 0.1) is 5.54 Å². The molecule has 72 valence electrons. The van der Waals surface area contributed by atoms with Crippen molar-refractivity contribution in [2.75, 3.05) is 5.32 Å². The molecule has 13 heavy (non-hydrogen) atoms. The number of hydrogen-bond donors (Lipinski definition) is 1. The van der Waals surface area contributed by atoms with Gasteiger partial charge in [-0.1, -0.05) is 5.10 Å². The van der Waals surface area contributed by atoms with Crippen molar-refractivity contribution in [2.24, 2.45) is 0 Å². The Hall–Kier alpha value is -1.46. The number of tetrazole rings is 1. The zero-order valence-electron chi connectivity index (χ0n) is 8.20. The highest BCUT2D eigenvalue weighted by molar-refractivity contribution is 5.86. The van der Waals surface area contributed by atoms with Gasteiger partial charge < -0.3 is 0 Å². The van der Waals surface area contributed by atoms with Crippen LogP contribution in [0.25, 0.3) is 0 Å². The van der Waals surface area contributed by atoms with Crippen molar-refractivity contribution in [1.29, 1.82) is 0 Å². The van der Waals surface area contributed by atoms with Gasteiger partial charge in [0.1, 0.15) is 0 Å². The van der Waals surface area contributed by atoms with E-state index in [1.54, 1.807) is 0 Å². The Kier molecular flexibility index (Phi) is 2.31. The van der Waals surface area contributed by atoms with Crippen LogP contribution in [0.2, 0.25) is 0 Å². The van der Waals surface area contributed by atoms with Crippen LogP contribution in [-0.4, -0.2) is 26.1 Å². The fourth-order valence-electron chi connectivity index (χ4n) is 0.706. The number of carbonyl (C=O) groups is 1. The minimum Gasteiger partial charge on any atom is -0.292 e. The van der Waals surface area contributed by atoms with Crippen molar-refractivity contribution in [1.82, 2.24) is 20.2 Å². The topological polar surface area (TPSA) is 72.7 Å². The third kappa shape index (κ3) is 2.50. The predicted octanol–water partition coefficient (Wildman–Crippen LogP) is 0.386. The lowest BCUT2D eigenvalue weighted by molar-refractivity contribution is -0.114. The number of amides is 1. The van der Waals surface area contributed by atoms with Crippen molar-refractivity contribution in [3.63, 3.8) is 0 Å². The Morgan fingerprint density at radius 1 is 1.46 bits per heavy atom. The van der Waals surface area contributed by atoms with Crippen LogP contribution in [0.3, 0.4) is 0 Å². The molecule has 1 N–H and O–H groups in total. The molecule has 1 aromatic heterocycles. The third-order valence-corrected chi connectivity index (χ3v) is 1.30. The lowest BCUT2D eigenvalue weighted by Crippen LogP contribution is -2.24. The Morgan fingerprint density at radius 3 is 2.46 bits per heavy atom.